The van der Waals surface area contributed by atoms with Crippen LogP contribution in [0.4, 0.5) is 0 Å². The van der Waals surface area contributed by atoms with Crippen molar-refractivity contribution in [3.05, 3.63) is 34.9 Å². The van der Waals surface area contributed by atoms with Gasteiger partial charge < -0.3 is 0 Å². The Labute approximate surface area is 87.3 Å². The van der Waals surface area contributed by atoms with Gasteiger partial charge in [0.2, 0.25) is 0 Å². The fourth-order valence-electron chi connectivity index (χ4n) is 2.34. The monoisotopic (exact) mass is 188 g/mol. The maximum Gasteiger partial charge on any atom is -0.0131 e. The van der Waals surface area contributed by atoms with Crippen molar-refractivity contribution in [1.82, 2.24) is 0 Å². The van der Waals surface area contributed by atoms with E-state index >= 15 is 0 Å². The molecule has 14 heavy (non-hydrogen) atoms. The van der Waals surface area contributed by atoms with Crippen molar-refractivity contribution in [2.45, 2.75) is 46.0 Å². The Hall–Kier alpha value is -0.780. The molecule has 0 N–H and O–H groups in total. The molecular formula is C14H20. The lowest BCUT2D eigenvalue weighted by Gasteiger charge is -2.09. The van der Waals surface area contributed by atoms with Crippen LogP contribution in [0.5, 0.6) is 0 Å². The molecule has 2 atom stereocenters. The van der Waals surface area contributed by atoms with E-state index in [9.17, 15) is 0 Å². The van der Waals surface area contributed by atoms with E-state index in [2.05, 4.69) is 39.0 Å². The van der Waals surface area contributed by atoms with E-state index in [1.54, 1.807) is 11.1 Å². The Balaban J connectivity index is 2.28. The first kappa shape index (κ1) is 9.76. The van der Waals surface area contributed by atoms with Crippen LogP contribution in [0.1, 0.15) is 49.3 Å². The fourth-order valence-corrected chi connectivity index (χ4v) is 2.34. The van der Waals surface area contributed by atoms with Crippen LogP contribution >= 0.6 is 0 Å². The maximum absolute atomic E-state index is 2.38. The summed E-state index contributed by atoms with van der Waals surface area (Å²) < 4.78 is 0. The van der Waals surface area contributed by atoms with Crippen molar-refractivity contribution in [1.29, 1.82) is 0 Å². The van der Waals surface area contributed by atoms with Gasteiger partial charge in [0.1, 0.15) is 0 Å². The lowest BCUT2D eigenvalue weighted by molar-refractivity contribution is 0.863. The molecule has 0 aromatic heterocycles. The third-order valence-corrected chi connectivity index (χ3v) is 3.33. The van der Waals surface area contributed by atoms with Crippen molar-refractivity contribution in [3.8, 4) is 0 Å². The first-order valence-electron chi connectivity index (χ1n) is 5.81. The number of hydrogen-bond donors (Lipinski definition) is 0. The topological polar surface area (TPSA) is 0 Å². The highest BCUT2D eigenvalue weighted by molar-refractivity contribution is 5.37. The minimum absolute atomic E-state index is 0.872. The number of hydrogen-bond acceptors (Lipinski definition) is 0. The Bertz CT molecular complexity index is 325. The molecule has 2 rings (SSSR count). The SMILES string of the molecule is CCCc1cc(C)ccc1C1CC1C. The molecule has 0 bridgehead atoms. The molecule has 2 unspecified atom stereocenters. The maximum atomic E-state index is 2.38. The van der Waals surface area contributed by atoms with Crippen LogP contribution in [0.2, 0.25) is 0 Å². The van der Waals surface area contributed by atoms with E-state index in [0.29, 0.717) is 0 Å². The first-order valence-corrected chi connectivity index (χ1v) is 5.81. The molecule has 76 valence electrons. The molecule has 0 heterocycles. The predicted molar refractivity (Wildman–Crippen MR) is 61.7 cm³/mol. The second-order valence-corrected chi connectivity index (χ2v) is 4.77. The predicted octanol–water partition coefficient (Wildman–Crippen LogP) is 4.07. The molecule has 0 nitrogen and oxygen atoms in total. The lowest BCUT2D eigenvalue weighted by Crippen LogP contribution is -1.93. The van der Waals surface area contributed by atoms with Gasteiger partial charge in [-0.25, -0.2) is 0 Å². The van der Waals surface area contributed by atoms with Gasteiger partial charge in [0.15, 0.2) is 0 Å². The molecular weight excluding hydrogens is 168 g/mol. The molecule has 1 fully saturated rings. The summed E-state index contributed by atoms with van der Waals surface area (Å²) in [4.78, 5) is 0. The van der Waals surface area contributed by atoms with Crippen molar-refractivity contribution in [2.24, 2.45) is 5.92 Å². The van der Waals surface area contributed by atoms with Crippen molar-refractivity contribution < 1.29 is 0 Å². The molecule has 1 aliphatic rings. The van der Waals surface area contributed by atoms with Crippen LogP contribution in [0.3, 0.4) is 0 Å². The molecule has 0 heteroatoms. The third-order valence-electron chi connectivity index (χ3n) is 3.33. The zero-order chi connectivity index (χ0) is 10.1. The van der Waals surface area contributed by atoms with Gasteiger partial charge in [-0.2, -0.15) is 0 Å². The summed E-state index contributed by atoms with van der Waals surface area (Å²) in [5.41, 5.74) is 4.64. The normalized spacial score (nSPS) is 25.1. The van der Waals surface area contributed by atoms with E-state index in [1.165, 1.54) is 24.8 Å². The molecule has 1 aliphatic carbocycles. The summed E-state index contributed by atoms with van der Waals surface area (Å²) in [5.74, 6) is 1.80. The summed E-state index contributed by atoms with van der Waals surface area (Å²) >= 11 is 0. The minimum Gasteiger partial charge on any atom is -0.0651 e. The van der Waals surface area contributed by atoms with Gasteiger partial charge in [0.05, 0.1) is 0 Å². The summed E-state index contributed by atoms with van der Waals surface area (Å²) in [7, 11) is 0. The molecule has 0 radical (unpaired) electrons. The average Bonchev–Trinajstić information content (AvgIpc) is 2.83. The number of aryl methyl sites for hydroxylation is 2. The standard InChI is InChI=1S/C14H20/c1-4-5-12-8-10(2)6-7-13(12)14-9-11(14)3/h6-8,11,14H,4-5,9H2,1-3H3. The van der Waals surface area contributed by atoms with E-state index in [1.807, 2.05) is 0 Å². The van der Waals surface area contributed by atoms with Gasteiger partial charge in [-0.1, -0.05) is 44.0 Å². The zero-order valence-electron chi connectivity index (χ0n) is 9.51. The number of rotatable bonds is 3. The van der Waals surface area contributed by atoms with Gasteiger partial charge in [-0.15, -0.1) is 0 Å². The van der Waals surface area contributed by atoms with Crippen LogP contribution in [-0.2, 0) is 6.42 Å². The quantitative estimate of drug-likeness (QED) is 0.670. The van der Waals surface area contributed by atoms with Crippen molar-refractivity contribution in [3.63, 3.8) is 0 Å². The molecule has 0 spiro atoms. The second-order valence-electron chi connectivity index (χ2n) is 4.77. The second kappa shape index (κ2) is 3.76. The number of benzene rings is 1. The van der Waals surface area contributed by atoms with Crippen LogP contribution in [0, 0.1) is 12.8 Å². The van der Waals surface area contributed by atoms with Crippen LogP contribution in [-0.4, -0.2) is 0 Å². The molecule has 1 aromatic carbocycles. The van der Waals surface area contributed by atoms with Crippen LogP contribution in [0.15, 0.2) is 18.2 Å². The summed E-state index contributed by atoms with van der Waals surface area (Å²) in [6, 6.07) is 7.00. The lowest BCUT2D eigenvalue weighted by atomic mass is 9.97. The van der Waals surface area contributed by atoms with E-state index in [4.69, 9.17) is 0 Å². The molecule has 1 saturated carbocycles. The van der Waals surface area contributed by atoms with Gasteiger partial charge in [-0.05, 0) is 42.7 Å². The first-order chi connectivity index (χ1) is 6.72. The largest absolute Gasteiger partial charge is 0.0651 e. The van der Waals surface area contributed by atoms with Gasteiger partial charge in [0.25, 0.3) is 0 Å². The zero-order valence-corrected chi connectivity index (χ0v) is 9.51. The Morgan fingerprint density at radius 2 is 2.07 bits per heavy atom. The third kappa shape index (κ3) is 1.84. The van der Waals surface area contributed by atoms with Crippen molar-refractivity contribution >= 4 is 0 Å². The van der Waals surface area contributed by atoms with E-state index in [-0.39, 0.29) is 0 Å². The Morgan fingerprint density at radius 1 is 1.36 bits per heavy atom. The molecule has 0 aliphatic heterocycles. The van der Waals surface area contributed by atoms with Crippen LogP contribution in [0.25, 0.3) is 0 Å². The molecule has 0 saturated heterocycles. The highest BCUT2D eigenvalue weighted by Crippen LogP contribution is 2.48. The summed E-state index contributed by atoms with van der Waals surface area (Å²) in [6.07, 6.45) is 3.91. The summed E-state index contributed by atoms with van der Waals surface area (Å²) in [5, 5.41) is 0. The van der Waals surface area contributed by atoms with Crippen molar-refractivity contribution in [2.75, 3.05) is 0 Å². The highest BCUT2D eigenvalue weighted by atomic mass is 14.4. The Morgan fingerprint density at radius 3 is 2.64 bits per heavy atom. The van der Waals surface area contributed by atoms with Gasteiger partial charge in [-0.3, -0.25) is 0 Å². The highest BCUT2D eigenvalue weighted by Gasteiger charge is 2.35. The average molecular weight is 188 g/mol. The smallest absolute Gasteiger partial charge is 0.0131 e. The molecule has 0 amide bonds. The van der Waals surface area contributed by atoms with E-state index in [0.717, 1.165) is 11.8 Å². The van der Waals surface area contributed by atoms with Gasteiger partial charge in [0, 0.05) is 0 Å². The van der Waals surface area contributed by atoms with Crippen LogP contribution < -0.4 is 0 Å². The van der Waals surface area contributed by atoms with Gasteiger partial charge >= 0.3 is 0 Å². The Kier molecular flexibility index (Phi) is 2.62. The van der Waals surface area contributed by atoms with E-state index < -0.39 is 0 Å². The summed E-state index contributed by atoms with van der Waals surface area (Å²) in [6.45, 7) is 6.82. The minimum atomic E-state index is 0.872. The fraction of sp³-hybridized carbons (Fsp3) is 0.571. The molecule has 1 aromatic rings.